The van der Waals surface area contributed by atoms with E-state index in [1.54, 1.807) is 0 Å². The van der Waals surface area contributed by atoms with Gasteiger partial charge in [-0.15, -0.1) is 11.3 Å². The second-order valence-corrected chi connectivity index (χ2v) is 7.68. The monoisotopic (exact) mass is 488 g/mol. The molecule has 0 fully saturated rings. The minimum absolute atomic E-state index is 0.0206. The van der Waals surface area contributed by atoms with Crippen LogP contribution in [0.4, 0.5) is 8.78 Å². The van der Waals surface area contributed by atoms with Crippen LogP contribution in [0.15, 0.2) is 59.3 Å². The number of esters is 2. The van der Waals surface area contributed by atoms with E-state index in [0.717, 1.165) is 35.7 Å². The third-order valence-corrected chi connectivity index (χ3v) is 5.63. The van der Waals surface area contributed by atoms with E-state index in [0.29, 0.717) is 4.70 Å². The Morgan fingerprint density at radius 1 is 1.09 bits per heavy atom. The van der Waals surface area contributed by atoms with Crippen molar-refractivity contribution in [3.05, 3.63) is 88.3 Å². The molecule has 3 aromatic rings. The molecule has 1 aromatic carbocycles. The van der Waals surface area contributed by atoms with Crippen molar-refractivity contribution in [2.75, 3.05) is 14.2 Å². The van der Waals surface area contributed by atoms with Crippen LogP contribution in [-0.4, -0.2) is 32.1 Å². The predicted octanol–water partition coefficient (Wildman–Crippen LogP) is 4.15. The zero-order valence-corrected chi connectivity index (χ0v) is 18.8. The highest BCUT2D eigenvalue weighted by Crippen LogP contribution is 2.38. The number of benzene rings is 1. The smallest absolute Gasteiger partial charge is 0.374 e. The number of nitrogens with two attached hydrogens (primary N) is 1. The molecule has 11 heteroatoms. The second kappa shape index (κ2) is 10.1. The molecule has 0 aliphatic rings. The molecular weight excluding hydrogens is 470 g/mol. The van der Waals surface area contributed by atoms with Crippen molar-refractivity contribution in [1.82, 2.24) is 5.32 Å². The number of furan rings is 1. The van der Waals surface area contributed by atoms with Gasteiger partial charge in [0.2, 0.25) is 5.76 Å². The number of amides is 1. The summed E-state index contributed by atoms with van der Waals surface area (Å²) >= 11 is 1.01. The minimum Gasteiger partial charge on any atom is -0.465 e. The third kappa shape index (κ3) is 4.74. The molecule has 0 saturated carbocycles. The van der Waals surface area contributed by atoms with Crippen molar-refractivity contribution >= 4 is 45.0 Å². The van der Waals surface area contributed by atoms with Gasteiger partial charge in [0.15, 0.2) is 0 Å². The van der Waals surface area contributed by atoms with Gasteiger partial charge < -0.3 is 24.9 Å². The van der Waals surface area contributed by atoms with Crippen molar-refractivity contribution in [3.8, 4) is 0 Å². The van der Waals surface area contributed by atoms with Crippen LogP contribution in [0.3, 0.4) is 0 Å². The van der Waals surface area contributed by atoms with Crippen LogP contribution in [0.1, 0.15) is 36.1 Å². The zero-order chi connectivity index (χ0) is 25.0. The number of allylic oxidation sites excluding steroid dienone is 3. The first-order chi connectivity index (χ1) is 16.2. The summed E-state index contributed by atoms with van der Waals surface area (Å²) in [5.41, 5.74) is 5.71. The number of rotatable bonds is 7. The lowest BCUT2D eigenvalue weighted by Crippen LogP contribution is -2.23. The molecule has 34 heavy (non-hydrogen) atoms. The first kappa shape index (κ1) is 24.4. The maximum atomic E-state index is 13.8. The molecule has 0 spiro atoms. The number of halogens is 2. The van der Waals surface area contributed by atoms with Gasteiger partial charge in [0.05, 0.1) is 24.5 Å². The molecule has 176 valence electrons. The summed E-state index contributed by atoms with van der Waals surface area (Å²) in [5.74, 6) is -4.63. The molecule has 0 aliphatic heterocycles. The van der Waals surface area contributed by atoms with Crippen molar-refractivity contribution in [1.29, 1.82) is 0 Å². The Bertz CT molecular complexity index is 1350. The largest absolute Gasteiger partial charge is 0.465 e. The van der Waals surface area contributed by atoms with Crippen LogP contribution in [0, 0.1) is 11.6 Å². The summed E-state index contributed by atoms with van der Waals surface area (Å²) in [6.07, 6.45) is 3.87. The Morgan fingerprint density at radius 3 is 2.32 bits per heavy atom. The lowest BCUT2D eigenvalue weighted by Gasteiger charge is -2.07. The van der Waals surface area contributed by atoms with Crippen LogP contribution in [0.2, 0.25) is 0 Å². The Balaban J connectivity index is 1.93. The molecule has 0 radical (unpaired) electrons. The first-order valence-corrected chi connectivity index (χ1v) is 10.3. The Morgan fingerprint density at radius 2 is 1.74 bits per heavy atom. The topological polar surface area (TPSA) is 121 Å². The van der Waals surface area contributed by atoms with E-state index in [-0.39, 0.29) is 33.1 Å². The maximum absolute atomic E-state index is 13.8. The fourth-order valence-electron chi connectivity index (χ4n) is 2.97. The summed E-state index contributed by atoms with van der Waals surface area (Å²) in [4.78, 5) is 36.6. The summed E-state index contributed by atoms with van der Waals surface area (Å²) in [7, 11) is 2.40. The molecule has 8 nitrogen and oxygen atoms in total. The maximum Gasteiger partial charge on any atom is 0.374 e. The molecule has 2 aromatic heterocycles. The average molecular weight is 488 g/mol. The molecule has 0 atom stereocenters. The van der Waals surface area contributed by atoms with Gasteiger partial charge in [0.25, 0.3) is 5.91 Å². The fourth-order valence-corrected chi connectivity index (χ4v) is 4.03. The van der Waals surface area contributed by atoms with Gasteiger partial charge in [-0.2, -0.15) is 0 Å². The Hall–Kier alpha value is -4.25. The van der Waals surface area contributed by atoms with Gasteiger partial charge in [-0.05, 0) is 18.2 Å². The van der Waals surface area contributed by atoms with Gasteiger partial charge in [-0.25, -0.2) is 18.4 Å². The number of fused-ring (bicyclic) bond motifs is 1. The predicted molar refractivity (Wildman–Crippen MR) is 121 cm³/mol. The van der Waals surface area contributed by atoms with Crippen molar-refractivity contribution in [2.24, 2.45) is 5.73 Å². The number of carbonyl (C=O) groups excluding carboxylic acids is 3. The number of ether oxygens (including phenoxy) is 2. The number of nitrogens with one attached hydrogen (secondary N) is 1. The normalized spacial score (nSPS) is 11.6. The number of hydrogen-bond donors (Lipinski definition) is 2. The molecular formula is C23H18F2N2O6S. The molecule has 0 unspecified atom stereocenters. The van der Waals surface area contributed by atoms with E-state index in [1.807, 2.05) is 0 Å². The van der Waals surface area contributed by atoms with E-state index in [1.165, 1.54) is 32.4 Å². The molecule has 2 heterocycles. The van der Waals surface area contributed by atoms with Gasteiger partial charge in [-0.3, -0.25) is 4.79 Å². The third-order valence-electron chi connectivity index (χ3n) is 4.52. The van der Waals surface area contributed by atoms with Crippen molar-refractivity contribution < 1.29 is 37.1 Å². The number of thiophene rings is 1. The molecule has 0 aliphatic carbocycles. The standard InChI is InChI=1S/C23H18F2N2O6S/c1-11(27-21(28)18-13(24)5-4-6-14(18)25)7-8-12(10-26)17-19(23(30)32-3)33-15-9-16(22(29)31-2)34-20(15)17/h4-10H,1,26H2,2-3H3,(H,27,28)/b8-7-,12-10+. The Kier molecular flexibility index (Phi) is 7.27. The summed E-state index contributed by atoms with van der Waals surface area (Å²) < 4.78 is 43.1. The highest BCUT2D eigenvalue weighted by Gasteiger charge is 2.26. The quantitative estimate of drug-likeness (QED) is 0.379. The van der Waals surface area contributed by atoms with Gasteiger partial charge in [0, 0.05) is 23.5 Å². The summed E-state index contributed by atoms with van der Waals surface area (Å²) in [6.45, 7) is 3.64. The summed E-state index contributed by atoms with van der Waals surface area (Å²) in [6, 6.07) is 4.46. The highest BCUT2D eigenvalue weighted by atomic mass is 32.1. The first-order valence-electron chi connectivity index (χ1n) is 9.49. The van der Waals surface area contributed by atoms with Crippen LogP contribution < -0.4 is 11.1 Å². The van der Waals surface area contributed by atoms with Crippen molar-refractivity contribution in [2.45, 2.75) is 0 Å². The number of hydrogen-bond acceptors (Lipinski definition) is 8. The number of carbonyl (C=O) groups is 3. The van der Waals surface area contributed by atoms with Crippen LogP contribution >= 0.6 is 11.3 Å². The zero-order valence-electron chi connectivity index (χ0n) is 17.9. The summed E-state index contributed by atoms with van der Waals surface area (Å²) in [5, 5.41) is 2.27. The van der Waals surface area contributed by atoms with Gasteiger partial charge in [0.1, 0.15) is 27.7 Å². The Labute approximate surface area is 195 Å². The molecule has 0 bridgehead atoms. The lowest BCUT2D eigenvalue weighted by atomic mass is 10.1. The fraction of sp³-hybridized carbons (Fsp3) is 0.0870. The van der Waals surface area contributed by atoms with E-state index in [9.17, 15) is 23.2 Å². The van der Waals surface area contributed by atoms with E-state index in [2.05, 4.69) is 11.9 Å². The molecule has 3 rings (SSSR count). The van der Waals surface area contributed by atoms with Crippen LogP contribution in [-0.2, 0) is 9.47 Å². The average Bonchev–Trinajstić information content (AvgIpc) is 3.37. The lowest BCUT2D eigenvalue weighted by molar-refractivity contribution is 0.0566. The molecule has 0 saturated heterocycles. The SMILES string of the molecule is C=C(/C=C\C(=C/N)c1c(C(=O)OC)oc2cc(C(=O)OC)sc12)NC(=O)c1c(F)cccc1F. The van der Waals surface area contributed by atoms with Gasteiger partial charge in [-0.1, -0.05) is 18.7 Å². The van der Waals surface area contributed by atoms with E-state index < -0.39 is 35.0 Å². The minimum atomic E-state index is -1.04. The van der Waals surface area contributed by atoms with Crippen LogP contribution in [0.5, 0.6) is 0 Å². The van der Waals surface area contributed by atoms with Crippen molar-refractivity contribution in [3.63, 3.8) is 0 Å². The van der Waals surface area contributed by atoms with Crippen LogP contribution in [0.25, 0.3) is 15.9 Å². The van der Waals surface area contributed by atoms with E-state index in [4.69, 9.17) is 19.6 Å². The van der Waals surface area contributed by atoms with E-state index >= 15 is 0 Å². The molecule has 1 amide bonds. The highest BCUT2D eigenvalue weighted by molar-refractivity contribution is 7.21. The second-order valence-electron chi connectivity index (χ2n) is 6.62. The number of methoxy groups -OCH3 is 2. The molecule has 3 N–H and O–H groups in total. The van der Waals surface area contributed by atoms with Gasteiger partial charge >= 0.3 is 11.9 Å².